The van der Waals surface area contributed by atoms with Gasteiger partial charge < -0.3 is 10.4 Å². The fourth-order valence-electron chi connectivity index (χ4n) is 1.43. The van der Waals surface area contributed by atoms with Crippen LogP contribution in [0.3, 0.4) is 0 Å². The molecule has 112 valence electrons. The minimum atomic E-state index is -4.54. The lowest BCUT2D eigenvalue weighted by atomic mass is 10.3. The molecule has 2 N–H and O–H groups in total. The van der Waals surface area contributed by atoms with Crippen molar-refractivity contribution in [3.63, 3.8) is 0 Å². The molecule has 6 nitrogen and oxygen atoms in total. The standard InChI is InChI=1S/C11H9F3N4O2S/c1-5(9-16-6(4-21-9)10(19)20)15-8-3-2-7(17-18-8)11(12,13)14/h2-5H,1H3,(H,15,18)(H,19,20). The van der Waals surface area contributed by atoms with Gasteiger partial charge in [-0.3, -0.25) is 0 Å². The number of thiazole rings is 1. The summed E-state index contributed by atoms with van der Waals surface area (Å²) in [6.45, 7) is 1.68. The number of nitrogens with one attached hydrogen (secondary N) is 1. The second-order valence-corrected chi connectivity index (χ2v) is 4.93. The number of carboxylic acid groups (broad SMARTS) is 1. The van der Waals surface area contributed by atoms with E-state index in [4.69, 9.17) is 5.11 Å². The van der Waals surface area contributed by atoms with E-state index in [-0.39, 0.29) is 11.5 Å². The molecule has 0 fully saturated rings. The molecule has 1 atom stereocenters. The molecule has 0 aliphatic rings. The number of rotatable bonds is 4. The maximum atomic E-state index is 12.3. The number of halogens is 3. The molecule has 0 saturated heterocycles. The minimum Gasteiger partial charge on any atom is -0.476 e. The number of anilines is 1. The van der Waals surface area contributed by atoms with Crippen molar-refractivity contribution in [1.29, 1.82) is 0 Å². The van der Waals surface area contributed by atoms with Crippen molar-refractivity contribution in [3.05, 3.63) is 33.9 Å². The van der Waals surface area contributed by atoms with Crippen LogP contribution in [0.4, 0.5) is 19.0 Å². The third-order valence-corrected chi connectivity index (χ3v) is 3.46. The van der Waals surface area contributed by atoms with E-state index >= 15 is 0 Å². The van der Waals surface area contributed by atoms with Gasteiger partial charge in [0.05, 0.1) is 6.04 Å². The second-order valence-electron chi connectivity index (χ2n) is 4.04. The van der Waals surface area contributed by atoms with Crippen LogP contribution in [0.1, 0.15) is 34.2 Å². The van der Waals surface area contributed by atoms with E-state index in [2.05, 4.69) is 20.5 Å². The molecule has 1 unspecified atom stereocenters. The number of carbonyl (C=O) groups is 1. The summed E-state index contributed by atoms with van der Waals surface area (Å²) in [5.74, 6) is -0.999. The molecule has 0 saturated carbocycles. The Morgan fingerprint density at radius 1 is 1.38 bits per heavy atom. The van der Waals surface area contributed by atoms with Crippen molar-refractivity contribution >= 4 is 23.1 Å². The first-order chi connectivity index (χ1) is 9.77. The molecular formula is C11H9F3N4O2S. The van der Waals surface area contributed by atoms with Crippen LogP contribution in [-0.2, 0) is 6.18 Å². The summed E-state index contributed by atoms with van der Waals surface area (Å²) in [6.07, 6.45) is -4.54. The Labute approximate surface area is 120 Å². The monoisotopic (exact) mass is 318 g/mol. The average Bonchev–Trinajstić information content (AvgIpc) is 2.88. The molecule has 0 amide bonds. The first-order valence-electron chi connectivity index (χ1n) is 5.63. The Hall–Kier alpha value is -2.23. The summed E-state index contributed by atoms with van der Waals surface area (Å²) in [4.78, 5) is 14.6. The smallest absolute Gasteiger partial charge is 0.435 e. The molecule has 2 aromatic heterocycles. The van der Waals surface area contributed by atoms with Crippen molar-refractivity contribution in [2.75, 3.05) is 5.32 Å². The molecule has 0 aliphatic carbocycles. The zero-order valence-electron chi connectivity index (χ0n) is 10.5. The van der Waals surface area contributed by atoms with Gasteiger partial charge in [0.15, 0.2) is 11.4 Å². The van der Waals surface area contributed by atoms with Gasteiger partial charge in [0.2, 0.25) is 0 Å². The van der Waals surface area contributed by atoms with Crippen molar-refractivity contribution in [1.82, 2.24) is 15.2 Å². The van der Waals surface area contributed by atoms with Gasteiger partial charge in [-0.15, -0.1) is 21.5 Å². The lowest BCUT2D eigenvalue weighted by Crippen LogP contribution is -2.12. The molecule has 0 bridgehead atoms. The number of alkyl halides is 3. The molecule has 0 aromatic carbocycles. The van der Waals surface area contributed by atoms with Crippen molar-refractivity contribution in [3.8, 4) is 0 Å². The van der Waals surface area contributed by atoms with E-state index in [0.717, 1.165) is 23.5 Å². The SMILES string of the molecule is CC(Nc1ccc(C(F)(F)F)nn1)c1nc(C(=O)O)cs1. The number of nitrogens with zero attached hydrogens (tertiary/aromatic N) is 3. The molecule has 2 rings (SSSR count). The van der Waals surface area contributed by atoms with E-state index in [9.17, 15) is 18.0 Å². The highest BCUT2D eigenvalue weighted by atomic mass is 32.1. The fraction of sp³-hybridized carbons (Fsp3) is 0.273. The fourth-order valence-corrected chi connectivity index (χ4v) is 2.23. The van der Waals surface area contributed by atoms with E-state index in [1.165, 1.54) is 5.38 Å². The van der Waals surface area contributed by atoms with Gasteiger partial charge >= 0.3 is 12.1 Å². The van der Waals surface area contributed by atoms with Gasteiger partial charge in [0.25, 0.3) is 0 Å². The van der Waals surface area contributed by atoms with Crippen molar-refractivity contribution < 1.29 is 23.1 Å². The largest absolute Gasteiger partial charge is 0.476 e. The summed E-state index contributed by atoms with van der Waals surface area (Å²) in [6, 6.07) is 1.55. The van der Waals surface area contributed by atoms with Gasteiger partial charge in [-0.1, -0.05) is 0 Å². The normalized spacial score (nSPS) is 13.0. The lowest BCUT2D eigenvalue weighted by Gasteiger charge is -2.11. The molecule has 10 heteroatoms. The van der Waals surface area contributed by atoms with Gasteiger partial charge in [-0.05, 0) is 19.1 Å². The van der Waals surface area contributed by atoms with Crippen LogP contribution in [0.15, 0.2) is 17.5 Å². The average molecular weight is 318 g/mol. The predicted octanol–water partition coefficient (Wildman–Crippen LogP) is 2.82. The van der Waals surface area contributed by atoms with Crippen LogP contribution >= 0.6 is 11.3 Å². The van der Waals surface area contributed by atoms with Crippen molar-refractivity contribution in [2.24, 2.45) is 0 Å². The number of hydrogen-bond acceptors (Lipinski definition) is 6. The minimum absolute atomic E-state index is 0.0813. The molecule has 2 aromatic rings. The van der Waals surface area contributed by atoms with Gasteiger partial charge in [-0.2, -0.15) is 13.2 Å². The van der Waals surface area contributed by atoms with E-state index < -0.39 is 23.9 Å². The molecular weight excluding hydrogens is 309 g/mol. The van der Waals surface area contributed by atoms with Crippen LogP contribution in [0.5, 0.6) is 0 Å². The Kier molecular flexibility index (Phi) is 4.07. The quantitative estimate of drug-likeness (QED) is 0.901. The third-order valence-electron chi connectivity index (χ3n) is 2.43. The molecule has 21 heavy (non-hydrogen) atoms. The number of hydrogen-bond donors (Lipinski definition) is 2. The summed E-state index contributed by atoms with van der Waals surface area (Å²) >= 11 is 1.13. The summed E-state index contributed by atoms with van der Waals surface area (Å²) in [7, 11) is 0. The summed E-state index contributed by atoms with van der Waals surface area (Å²) < 4.78 is 37.0. The summed E-state index contributed by atoms with van der Waals surface area (Å²) in [5, 5.41) is 20.0. The highest BCUT2D eigenvalue weighted by Gasteiger charge is 2.32. The Morgan fingerprint density at radius 2 is 2.10 bits per heavy atom. The number of aromatic nitrogens is 3. The van der Waals surface area contributed by atoms with Crippen LogP contribution in [0, 0.1) is 0 Å². The highest BCUT2D eigenvalue weighted by molar-refractivity contribution is 7.09. The Bertz CT molecular complexity index is 642. The van der Waals surface area contributed by atoms with Gasteiger partial charge in [0.1, 0.15) is 10.8 Å². The second kappa shape index (κ2) is 5.64. The van der Waals surface area contributed by atoms with Crippen LogP contribution in [0.25, 0.3) is 0 Å². The third kappa shape index (κ3) is 3.66. The Balaban J connectivity index is 2.08. The lowest BCUT2D eigenvalue weighted by molar-refractivity contribution is -0.141. The number of aromatic carboxylic acids is 1. The number of carboxylic acids is 1. The molecule has 2 heterocycles. The van der Waals surface area contributed by atoms with E-state index in [0.29, 0.717) is 5.01 Å². The predicted molar refractivity (Wildman–Crippen MR) is 68.1 cm³/mol. The van der Waals surface area contributed by atoms with Crippen LogP contribution < -0.4 is 5.32 Å². The first-order valence-corrected chi connectivity index (χ1v) is 6.51. The summed E-state index contributed by atoms with van der Waals surface area (Å²) in [5.41, 5.74) is -1.16. The first kappa shape index (κ1) is 15.2. The molecule has 0 radical (unpaired) electrons. The van der Waals surface area contributed by atoms with Crippen LogP contribution in [-0.4, -0.2) is 26.3 Å². The van der Waals surface area contributed by atoms with Crippen LogP contribution in [0.2, 0.25) is 0 Å². The molecule has 0 spiro atoms. The maximum Gasteiger partial charge on any atom is 0.435 e. The van der Waals surface area contributed by atoms with Crippen molar-refractivity contribution in [2.45, 2.75) is 19.1 Å². The zero-order valence-corrected chi connectivity index (χ0v) is 11.4. The van der Waals surface area contributed by atoms with E-state index in [1.807, 2.05) is 0 Å². The van der Waals surface area contributed by atoms with E-state index in [1.54, 1.807) is 6.92 Å². The Morgan fingerprint density at radius 3 is 2.57 bits per heavy atom. The maximum absolute atomic E-state index is 12.3. The molecule has 0 aliphatic heterocycles. The van der Waals surface area contributed by atoms with Gasteiger partial charge in [-0.25, -0.2) is 9.78 Å². The van der Waals surface area contributed by atoms with Gasteiger partial charge in [0, 0.05) is 5.38 Å². The zero-order chi connectivity index (χ0) is 15.6. The topological polar surface area (TPSA) is 88.0 Å². The highest BCUT2D eigenvalue weighted by Crippen LogP contribution is 2.28.